The minimum absolute atomic E-state index is 0.0370. The number of hydrogen-bond acceptors (Lipinski definition) is 4. The maximum Gasteiger partial charge on any atom is 0.228 e. The van der Waals surface area contributed by atoms with E-state index in [9.17, 15) is 9.59 Å². The van der Waals surface area contributed by atoms with Crippen LogP contribution in [0.4, 0.5) is 5.82 Å². The van der Waals surface area contributed by atoms with Crippen molar-refractivity contribution < 1.29 is 14.3 Å². The first-order valence-corrected chi connectivity index (χ1v) is 9.37. The first-order valence-electron chi connectivity index (χ1n) is 9.00. The molecule has 1 aliphatic heterocycles. The maximum absolute atomic E-state index is 12.3. The van der Waals surface area contributed by atoms with Crippen molar-refractivity contribution in [3.63, 3.8) is 0 Å². The van der Waals surface area contributed by atoms with Gasteiger partial charge in [0, 0.05) is 30.2 Å². The lowest BCUT2D eigenvalue weighted by Crippen LogP contribution is -2.41. The number of likely N-dealkylation sites (tertiary alicyclic amines) is 1. The van der Waals surface area contributed by atoms with Crippen LogP contribution < -0.4 is 10.1 Å². The summed E-state index contributed by atoms with van der Waals surface area (Å²) >= 11 is 5.91. The molecular formula is C20H22ClN3O3. The van der Waals surface area contributed by atoms with E-state index in [4.69, 9.17) is 16.3 Å². The van der Waals surface area contributed by atoms with Crippen molar-refractivity contribution >= 4 is 29.2 Å². The number of halogens is 1. The van der Waals surface area contributed by atoms with E-state index in [0.29, 0.717) is 55.5 Å². The number of nitrogens with zero attached hydrogens (tertiary/aromatic N) is 2. The minimum Gasteiger partial charge on any atom is -0.493 e. The first-order chi connectivity index (χ1) is 13.1. The molecular weight excluding hydrogens is 366 g/mol. The van der Waals surface area contributed by atoms with Gasteiger partial charge >= 0.3 is 0 Å². The summed E-state index contributed by atoms with van der Waals surface area (Å²) < 4.78 is 5.57. The largest absolute Gasteiger partial charge is 0.493 e. The van der Waals surface area contributed by atoms with Gasteiger partial charge < -0.3 is 15.0 Å². The molecule has 1 N–H and O–H groups in total. The van der Waals surface area contributed by atoms with Gasteiger partial charge in [-0.15, -0.1) is 0 Å². The van der Waals surface area contributed by atoms with E-state index in [-0.39, 0.29) is 17.7 Å². The molecule has 0 bridgehead atoms. The van der Waals surface area contributed by atoms with Crippen LogP contribution in [0.5, 0.6) is 5.75 Å². The summed E-state index contributed by atoms with van der Waals surface area (Å²) in [5.41, 5.74) is 0. The van der Waals surface area contributed by atoms with Crippen LogP contribution in [0, 0.1) is 5.92 Å². The number of rotatable bonds is 6. The molecule has 1 aromatic carbocycles. The third-order valence-electron chi connectivity index (χ3n) is 4.52. The van der Waals surface area contributed by atoms with Gasteiger partial charge in [-0.25, -0.2) is 4.98 Å². The fourth-order valence-corrected chi connectivity index (χ4v) is 3.21. The van der Waals surface area contributed by atoms with Crippen LogP contribution in [0.3, 0.4) is 0 Å². The third-order valence-corrected chi connectivity index (χ3v) is 4.75. The van der Waals surface area contributed by atoms with Crippen LogP contribution in [-0.2, 0) is 9.59 Å². The van der Waals surface area contributed by atoms with Crippen molar-refractivity contribution in [2.45, 2.75) is 19.3 Å². The van der Waals surface area contributed by atoms with E-state index in [0.717, 1.165) is 0 Å². The third kappa shape index (κ3) is 5.69. The Bertz CT molecular complexity index is 777. The second kappa shape index (κ2) is 9.37. The second-order valence-electron chi connectivity index (χ2n) is 6.42. The molecule has 0 saturated carbocycles. The van der Waals surface area contributed by atoms with E-state index in [1.807, 2.05) is 12.1 Å². The Morgan fingerprint density at radius 1 is 1.19 bits per heavy atom. The van der Waals surface area contributed by atoms with Crippen molar-refractivity contribution in [2.75, 3.05) is 25.0 Å². The fourth-order valence-electron chi connectivity index (χ4n) is 3.03. The molecule has 0 atom stereocenters. The predicted octanol–water partition coefficient (Wildman–Crippen LogP) is 3.38. The fraction of sp³-hybridized carbons (Fsp3) is 0.350. The van der Waals surface area contributed by atoms with Gasteiger partial charge in [0.25, 0.3) is 0 Å². The molecule has 3 rings (SSSR count). The van der Waals surface area contributed by atoms with Crippen molar-refractivity contribution in [3.05, 3.63) is 53.7 Å². The van der Waals surface area contributed by atoms with Gasteiger partial charge in [-0.1, -0.05) is 23.7 Å². The number of nitrogens with one attached hydrogen (secondary N) is 1. The number of aromatic nitrogens is 1. The summed E-state index contributed by atoms with van der Waals surface area (Å²) in [4.78, 5) is 30.5. The standard InChI is InChI=1S/C20H22ClN3O3/c21-16-4-3-5-17(14-16)27-13-9-19(25)24-11-7-15(8-12-24)20(26)23-18-6-1-2-10-22-18/h1-6,10,14-15H,7-9,11-13H2,(H,22,23,26). The van der Waals surface area contributed by atoms with E-state index in [1.165, 1.54) is 0 Å². The Labute approximate surface area is 163 Å². The number of carbonyl (C=O) groups is 2. The molecule has 1 fully saturated rings. The van der Waals surface area contributed by atoms with Crippen LogP contribution >= 0.6 is 11.6 Å². The lowest BCUT2D eigenvalue weighted by Gasteiger charge is -2.31. The monoisotopic (exact) mass is 387 g/mol. The lowest BCUT2D eigenvalue weighted by molar-refractivity contribution is -0.135. The number of amides is 2. The number of ether oxygens (including phenoxy) is 1. The van der Waals surface area contributed by atoms with Gasteiger partial charge in [0.15, 0.2) is 0 Å². The van der Waals surface area contributed by atoms with E-state index in [1.54, 1.807) is 41.4 Å². The number of anilines is 1. The molecule has 2 amide bonds. The quantitative estimate of drug-likeness (QED) is 0.824. The highest BCUT2D eigenvalue weighted by atomic mass is 35.5. The van der Waals surface area contributed by atoms with Gasteiger partial charge in [0.05, 0.1) is 13.0 Å². The molecule has 0 aliphatic carbocycles. The van der Waals surface area contributed by atoms with Gasteiger partial charge in [-0.3, -0.25) is 9.59 Å². The summed E-state index contributed by atoms with van der Waals surface area (Å²) in [7, 11) is 0. The zero-order valence-electron chi connectivity index (χ0n) is 14.9. The molecule has 2 heterocycles. The summed E-state index contributed by atoms with van der Waals surface area (Å²) in [6.07, 6.45) is 3.25. The van der Waals surface area contributed by atoms with Crippen LogP contribution in [0.25, 0.3) is 0 Å². The summed E-state index contributed by atoms with van der Waals surface area (Å²) in [5.74, 6) is 1.11. The molecule has 7 heteroatoms. The van der Waals surface area contributed by atoms with Gasteiger partial charge in [-0.05, 0) is 43.2 Å². The topological polar surface area (TPSA) is 71.5 Å². The average Bonchev–Trinajstić information content (AvgIpc) is 2.69. The average molecular weight is 388 g/mol. The molecule has 1 aromatic heterocycles. The number of pyridine rings is 1. The zero-order valence-corrected chi connectivity index (χ0v) is 15.7. The molecule has 1 aliphatic rings. The summed E-state index contributed by atoms with van der Waals surface area (Å²) in [6, 6.07) is 12.5. The van der Waals surface area contributed by atoms with Crippen LogP contribution in [0.1, 0.15) is 19.3 Å². The Kier molecular flexibility index (Phi) is 6.65. The molecule has 2 aromatic rings. The Morgan fingerprint density at radius 2 is 2.00 bits per heavy atom. The van der Waals surface area contributed by atoms with Gasteiger partial charge in [0.1, 0.15) is 11.6 Å². The zero-order chi connectivity index (χ0) is 19.1. The van der Waals surface area contributed by atoms with Crippen LogP contribution in [0.2, 0.25) is 5.02 Å². The molecule has 0 unspecified atom stereocenters. The van der Waals surface area contributed by atoms with Gasteiger partial charge in [-0.2, -0.15) is 0 Å². The number of piperidine rings is 1. The summed E-state index contributed by atoms with van der Waals surface area (Å²) in [6.45, 7) is 1.46. The highest BCUT2D eigenvalue weighted by Gasteiger charge is 2.27. The maximum atomic E-state index is 12.3. The van der Waals surface area contributed by atoms with Gasteiger partial charge in [0.2, 0.25) is 11.8 Å². The number of benzene rings is 1. The van der Waals surface area contributed by atoms with E-state index in [2.05, 4.69) is 10.3 Å². The minimum atomic E-state index is -0.0984. The second-order valence-corrected chi connectivity index (χ2v) is 6.85. The van der Waals surface area contributed by atoms with E-state index < -0.39 is 0 Å². The normalized spacial score (nSPS) is 14.6. The highest BCUT2D eigenvalue weighted by Crippen LogP contribution is 2.20. The molecule has 142 valence electrons. The number of hydrogen-bond donors (Lipinski definition) is 1. The Morgan fingerprint density at radius 3 is 2.70 bits per heavy atom. The summed E-state index contributed by atoms with van der Waals surface area (Å²) in [5, 5.41) is 3.43. The Balaban J connectivity index is 1.39. The molecule has 1 saturated heterocycles. The molecule has 0 radical (unpaired) electrons. The molecule has 27 heavy (non-hydrogen) atoms. The highest BCUT2D eigenvalue weighted by molar-refractivity contribution is 6.30. The van der Waals surface area contributed by atoms with Crippen molar-refractivity contribution in [1.29, 1.82) is 0 Å². The SMILES string of the molecule is O=C(Nc1ccccn1)C1CCN(C(=O)CCOc2cccc(Cl)c2)CC1. The molecule has 6 nitrogen and oxygen atoms in total. The van der Waals surface area contributed by atoms with Crippen molar-refractivity contribution in [3.8, 4) is 5.75 Å². The smallest absolute Gasteiger partial charge is 0.228 e. The first kappa shape index (κ1) is 19.2. The van der Waals surface area contributed by atoms with Crippen LogP contribution in [-0.4, -0.2) is 41.4 Å². The molecule has 0 spiro atoms. The van der Waals surface area contributed by atoms with Crippen molar-refractivity contribution in [1.82, 2.24) is 9.88 Å². The van der Waals surface area contributed by atoms with Crippen molar-refractivity contribution in [2.24, 2.45) is 5.92 Å². The predicted molar refractivity (Wildman–Crippen MR) is 104 cm³/mol. The Hall–Kier alpha value is -2.60. The lowest BCUT2D eigenvalue weighted by atomic mass is 9.95. The van der Waals surface area contributed by atoms with Crippen LogP contribution in [0.15, 0.2) is 48.7 Å². The van der Waals surface area contributed by atoms with E-state index >= 15 is 0 Å². The number of carbonyl (C=O) groups excluding carboxylic acids is 2.